The Labute approximate surface area is 141 Å². The Morgan fingerprint density at radius 1 is 1.14 bits per heavy atom. The van der Waals surface area contributed by atoms with Gasteiger partial charge in [-0.15, -0.1) is 0 Å². The number of nitrogens with zero attached hydrogens (tertiary/aromatic N) is 2. The highest BCUT2D eigenvalue weighted by atomic mass is 127. The van der Waals surface area contributed by atoms with Gasteiger partial charge < -0.3 is 5.73 Å². The van der Waals surface area contributed by atoms with Crippen molar-refractivity contribution >= 4 is 34.2 Å². The summed E-state index contributed by atoms with van der Waals surface area (Å²) < 4.78 is 3.03. The summed E-state index contributed by atoms with van der Waals surface area (Å²) in [6.07, 6.45) is 3.53. The molecule has 1 aromatic heterocycles. The minimum atomic E-state index is -0.246. The summed E-state index contributed by atoms with van der Waals surface area (Å²) in [5.74, 6) is 0. The first-order chi connectivity index (χ1) is 10.2. The van der Waals surface area contributed by atoms with E-state index in [-0.39, 0.29) is 6.04 Å². The van der Waals surface area contributed by atoms with Crippen molar-refractivity contribution in [3.05, 3.63) is 80.9 Å². The van der Waals surface area contributed by atoms with E-state index in [1.165, 1.54) is 0 Å². The van der Waals surface area contributed by atoms with Gasteiger partial charge in [0.2, 0.25) is 0 Å². The summed E-state index contributed by atoms with van der Waals surface area (Å²) in [6, 6.07) is 15.6. The van der Waals surface area contributed by atoms with Gasteiger partial charge in [0.05, 0.1) is 35.0 Å². The summed E-state index contributed by atoms with van der Waals surface area (Å²) >= 11 is 8.59. The minimum Gasteiger partial charge on any atom is -0.319 e. The molecule has 3 aromatic rings. The molecule has 21 heavy (non-hydrogen) atoms. The van der Waals surface area contributed by atoms with Gasteiger partial charge in [0, 0.05) is 3.57 Å². The van der Waals surface area contributed by atoms with E-state index >= 15 is 0 Å². The van der Waals surface area contributed by atoms with E-state index in [4.69, 9.17) is 17.3 Å². The van der Waals surface area contributed by atoms with Gasteiger partial charge in [-0.05, 0) is 46.4 Å². The molecule has 0 amide bonds. The first kappa shape index (κ1) is 14.6. The smallest absolute Gasteiger partial charge is 0.0995 e. The number of aromatic nitrogens is 2. The predicted molar refractivity (Wildman–Crippen MR) is 93.8 cm³/mol. The SMILES string of the molecule is NC(c1ccccc1)c1cncn1-c1ccc(I)cc1Cl. The predicted octanol–water partition coefficient (Wildman–Crippen LogP) is 4.18. The molecule has 0 radical (unpaired) electrons. The van der Waals surface area contributed by atoms with Gasteiger partial charge in [-0.1, -0.05) is 41.9 Å². The molecular formula is C16H13ClIN3. The van der Waals surface area contributed by atoms with Crippen LogP contribution in [-0.4, -0.2) is 9.55 Å². The molecule has 3 rings (SSSR count). The third-order valence-corrected chi connectivity index (χ3v) is 4.29. The maximum atomic E-state index is 6.37. The summed E-state index contributed by atoms with van der Waals surface area (Å²) in [6.45, 7) is 0. The van der Waals surface area contributed by atoms with Crippen molar-refractivity contribution in [3.63, 3.8) is 0 Å². The first-order valence-corrected chi connectivity index (χ1v) is 7.90. The van der Waals surface area contributed by atoms with Crippen LogP contribution in [0.4, 0.5) is 0 Å². The zero-order chi connectivity index (χ0) is 14.8. The van der Waals surface area contributed by atoms with Crippen LogP contribution in [0.15, 0.2) is 61.1 Å². The molecule has 0 aliphatic rings. The van der Waals surface area contributed by atoms with Crippen LogP contribution >= 0.6 is 34.2 Å². The summed E-state index contributed by atoms with van der Waals surface area (Å²) in [7, 11) is 0. The summed E-state index contributed by atoms with van der Waals surface area (Å²) in [5.41, 5.74) is 9.21. The first-order valence-electron chi connectivity index (χ1n) is 6.45. The van der Waals surface area contributed by atoms with Gasteiger partial charge in [-0.3, -0.25) is 4.57 Å². The lowest BCUT2D eigenvalue weighted by atomic mass is 10.1. The lowest BCUT2D eigenvalue weighted by Gasteiger charge is -2.16. The van der Waals surface area contributed by atoms with Crippen LogP contribution in [0.2, 0.25) is 5.02 Å². The third kappa shape index (κ3) is 2.97. The van der Waals surface area contributed by atoms with Crippen molar-refractivity contribution in [1.82, 2.24) is 9.55 Å². The second kappa shape index (κ2) is 6.17. The molecule has 0 fully saturated rings. The Balaban J connectivity index is 2.05. The Kier molecular flexibility index (Phi) is 4.28. The van der Waals surface area contributed by atoms with E-state index in [0.717, 1.165) is 20.5 Å². The van der Waals surface area contributed by atoms with Crippen LogP contribution in [0.3, 0.4) is 0 Å². The number of nitrogens with two attached hydrogens (primary N) is 1. The highest BCUT2D eigenvalue weighted by molar-refractivity contribution is 14.1. The van der Waals surface area contributed by atoms with Gasteiger partial charge in [0.25, 0.3) is 0 Å². The minimum absolute atomic E-state index is 0.246. The van der Waals surface area contributed by atoms with E-state index < -0.39 is 0 Å². The van der Waals surface area contributed by atoms with E-state index in [9.17, 15) is 0 Å². The van der Waals surface area contributed by atoms with Crippen LogP contribution in [-0.2, 0) is 0 Å². The number of hydrogen-bond donors (Lipinski definition) is 1. The van der Waals surface area contributed by atoms with Gasteiger partial charge >= 0.3 is 0 Å². The number of imidazole rings is 1. The second-order valence-corrected chi connectivity index (χ2v) is 6.33. The molecule has 0 bridgehead atoms. The number of halogens is 2. The molecule has 3 nitrogen and oxygen atoms in total. The number of benzene rings is 2. The van der Waals surface area contributed by atoms with Crippen LogP contribution in [0.5, 0.6) is 0 Å². The molecule has 0 aliphatic heterocycles. The Morgan fingerprint density at radius 3 is 2.62 bits per heavy atom. The van der Waals surface area contributed by atoms with Crippen molar-refractivity contribution in [1.29, 1.82) is 0 Å². The molecule has 5 heteroatoms. The summed E-state index contributed by atoms with van der Waals surface area (Å²) in [5, 5.41) is 0.682. The zero-order valence-electron chi connectivity index (χ0n) is 11.1. The maximum Gasteiger partial charge on any atom is 0.0995 e. The topological polar surface area (TPSA) is 43.8 Å². The highest BCUT2D eigenvalue weighted by Crippen LogP contribution is 2.27. The molecular weight excluding hydrogens is 397 g/mol. The lowest BCUT2D eigenvalue weighted by molar-refractivity contribution is 0.793. The molecule has 1 unspecified atom stereocenters. The maximum absolute atomic E-state index is 6.37. The quantitative estimate of drug-likeness (QED) is 0.660. The molecule has 1 atom stereocenters. The number of hydrogen-bond acceptors (Lipinski definition) is 2. The van der Waals surface area contributed by atoms with Crippen molar-refractivity contribution in [2.24, 2.45) is 5.73 Å². The standard InChI is InChI=1S/C16H13ClIN3/c17-13-8-12(18)6-7-14(13)21-10-20-9-15(21)16(19)11-4-2-1-3-5-11/h1-10,16H,19H2. The van der Waals surface area contributed by atoms with Crippen LogP contribution in [0.25, 0.3) is 5.69 Å². The largest absolute Gasteiger partial charge is 0.319 e. The fourth-order valence-electron chi connectivity index (χ4n) is 2.24. The average molecular weight is 410 g/mol. The molecule has 0 saturated heterocycles. The molecule has 106 valence electrons. The van der Waals surface area contributed by atoms with Crippen molar-refractivity contribution in [2.45, 2.75) is 6.04 Å². The van der Waals surface area contributed by atoms with Gasteiger partial charge in [-0.25, -0.2) is 4.98 Å². The van der Waals surface area contributed by atoms with Crippen molar-refractivity contribution in [3.8, 4) is 5.69 Å². The fraction of sp³-hybridized carbons (Fsp3) is 0.0625. The zero-order valence-corrected chi connectivity index (χ0v) is 14.0. The van der Waals surface area contributed by atoms with Crippen molar-refractivity contribution in [2.75, 3.05) is 0 Å². The highest BCUT2D eigenvalue weighted by Gasteiger charge is 2.16. The monoisotopic (exact) mass is 409 g/mol. The Bertz CT molecular complexity index is 755. The molecule has 2 aromatic carbocycles. The average Bonchev–Trinajstić information content (AvgIpc) is 2.96. The van der Waals surface area contributed by atoms with E-state index in [0.29, 0.717) is 5.02 Å². The van der Waals surface area contributed by atoms with Gasteiger partial charge in [-0.2, -0.15) is 0 Å². The van der Waals surface area contributed by atoms with Gasteiger partial charge in [0.15, 0.2) is 0 Å². The Hall–Kier alpha value is -1.37. The summed E-state index contributed by atoms with van der Waals surface area (Å²) in [4.78, 5) is 4.23. The van der Waals surface area contributed by atoms with E-state index in [2.05, 4.69) is 27.6 Å². The second-order valence-electron chi connectivity index (χ2n) is 4.67. The molecule has 1 heterocycles. The van der Waals surface area contributed by atoms with Crippen LogP contribution in [0.1, 0.15) is 17.3 Å². The molecule has 0 saturated carbocycles. The molecule has 0 spiro atoms. The third-order valence-electron chi connectivity index (χ3n) is 3.31. The lowest BCUT2D eigenvalue weighted by Crippen LogP contribution is -2.15. The van der Waals surface area contributed by atoms with E-state index in [1.54, 1.807) is 12.5 Å². The Morgan fingerprint density at radius 2 is 1.90 bits per heavy atom. The molecule has 2 N–H and O–H groups in total. The normalized spacial score (nSPS) is 12.3. The van der Waals surface area contributed by atoms with Crippen LogP contribution < -0.4 is 5.73 Å². The number of rotatable bonds is 3. The van der Waals surface area contributed by atoms with Gasteiger partial charge in [0.1, 0.15) is 0 Å². The fourth-order valence-corrected chi connectivity index (χ4v) is 3.19. The molecule has 0 aliphatic carbocycles. The van der Waals surface area contributed by atoms with Crippen LogP contribution in [0, 0.1) is 3.57 Å². The van der Waals surface area contributed by atoms with E-state index in [1.807, 2.05) is 53.1 Å². The van der Waals surface area contributed by atoms with Crippen molar-refractivity contribution < 1.29 is 0 Å².